The van der Waals surface area contributed by atoms with E-state index in [0.717, 1.165) is 6.42 Å². The highest BCUT2D eigenvalue weighted by molar-refractivity contribution is 4.83. The van der Waals surface area contributed by atoms with Crippen LogP contribution in [0.4, 0.5) is 0 Å². The summed E-state index contributed by atoms with van der Waals surface area (Å²) in [5.41, 5.74) is 0. The maximum atomic E-state index is 8.80. The average Bonchev–Trinajstić information content (AvgIpc) is 2.14. The van der Waals surface area contributed by atoms with E-state index in [1.165, 1.54) is 19.3 Å². The van der Waals surface area contributed by atoms with Crippen LogP contribution in [0.2, 0.25) is 0 Å². The van der Waals surface area contributed by atoms with Crippen molar-refractivity contribution in [1.82, 2.24) is 0 Å². The Morgan fingerprint density at radius 3 is 2.62 bits per heavy atom. The van der Waals surface area contributed by atoms with Crippen molar-refractivity contribution in [2.75, 3.05) is 13.7 Å². The average molecular weight is 183 g/mol. The van der Waals surface area contributed by atoms with Crippen molar-refractivity contribution >= 4 is 0 Å². The number of rotatable bonds is 7. The molecule has 0 saturated heterocycles. The number of ether oxygens (including phenoxy) is 1. The lowest BCUT2D eigenvalue weighted by Crippen LogP contribution is -2.10. The molecule has 0 aromatic heterocycles. The second-order valence-electron chi connectivity index (χ2n) is 3.76. The van der Waals surface area contributed by atoms with Gasteiger partial charge in [-0.1, -0.05) is 33.1 Å². The van der Waals surface area contributed by atoms with Crippen LogP contribution >= 0.6 is 0 Å². The Labute approximate surface area is 81.9 Å². The van der Waals surface area contributed by atoms with Gasteiger partial charge in [-0.2, -0.15) is 5.26 Å². The highest BCUT2D eigenvalue weighted by Crippen LogP contribution is 2.17. The lowest BCUT2D eigenvalue weighted by molar-refractivity contribution is 0.160. The lowest BCUT2D eigenvalue weighted by atomic mass is 9.93. The van der Waals surface area contributed by atoms with Gasteiger partial charge in [-0.3, -0.25) is 0 Å². The summed E-state index contributed by atoms with van der Waals surface area (Å²) < 4.78 is 4.98. The number of nitrogens with zero attached hydrogens (tertiary/aromatic N) is 1. The molecule has 2 nitrogen and oxygen atoms in total. The van der Waals surface area contributed by atoms with Crippen LogP contribution in [0.15, 0.2) is 0 Å². The minimum absolute atomic E-state index is 0.0804. The summed E-state index contributed by atoms with van der Waals surface area (Å²) in [5.74, 6) is 0.733. The Kier molecular flexibility index (Phi) is 7.73. The van der Waals surface area contributed by atoms with Crippen LogP contribution in [-0.4, -0.2) is 13.7 Å². The van der Waals surface area contributed by atoms with Gasteiger partial charge >= 0.3 is 0 Å². The number of unbranched alkanes of at least 4 members (excludes halogenated alkanes) is 1. The van der Waals surface area contributed by atoms with Gasteiger partial charge in [-0.05, 0) is 12.3 Å². The second kappa shape index (κ2) is 8.07. The third kappa shape index (κ3) is 6.60. The molecule has 0 rings (SSSR count). The maximum absolute atomic E-state index is 8.80. The molecule has 0 heterocycles. The normalized spacial score (nSPS) is 14.9. The third-order valence-electron chi connectivity index (χ3n) is 2.29. The Hall–Kier alpha value is -0.550. The standard InChI is InChI=1S/C11H21NO/c1-4-5-6-10(2)7-11(8-12)9-13-3/h10-11H,4-7,9H2,1-3H3. The first-order chi connectivity index (χ1) is 6.24. The molecule has 0 aliphatic carbocycles. The molecule has 13 heavy (non-hydrogen) atoms. The minimum atomic E-state index is 0.0804. The highest BCUT2D eigenvalue weighted by Gasteiger charge is 2.11. The van der Waals surface area contributed by atoms with Gasteiger partial charge in [-0.25, -0.2) is 0 Å². The monoisotopic (exact) mass is 183 g/mol. The molecule has 0 radical (unpaired) electrons. The second-order valence-corrected chi connectivity index (χ2v) is 3.76. The predicted molar refractivity (Wildman–Crippen MR) is 54.3 cm³/mol. The van der Waals surface area contributed by atoms with Crippen molar-refractivity contribution in [3.05, 3.63) is 0 Å². The number of methoxy groups -OCH3 is 1. The van der Waals surface area contributed by atoms with E-state index in [1.54, 1.807) is 7.11 Å². The topological polar surface area (TPSA) is 33.0 Å². The molecule has 2 unspecified atom stereocenters. The third-order valence-corrected chi connectivity index (χ3v) is 2.29. The van der Waals surface area contributed by atoms with Crippen LogP contribution in [0.25, 0.3) is 0 Å². The zero-order valence-electron chi connectivity index (χ0n) is 9.05. The van der Waals surface area contributed by atoms with Crippen molar-refractivity contribution < 1.29 is 4.74 Å². The van der Waals surface area contributed by atoms with Gasteiger partial charge in [0.15, 0.2) is 0 Å². The molecule has 0 bridgehead atoms. The van der Waals surface area contributed by atoms with E-state index < -0.39 is 0 Å². The summed E-state index contributed by atoms with van der Waals surface area (Å²) in [4.78, 5) is 0. The quantitative estimate of drug-likeness (QED) is 0.608. The fourth-order valence-corrected chi connectivity index (χ4v) is 1.52. The molecule has 2 heteroatoms. The first-order valence-corrected chi connectivity index (χ1v) is 5.13. The van der Waals surface area contributed by atoms with E-state index in [4.69, 9.17) is 10.00 Å². The summed E-state index contributed by atoms with van der Waals surface area (Å²) in [7, 11) is 1.65. The van der Waals surface area contributed by atoms with Crippen LogP contribution in [-0.2, 0) is 4.74 Å². The lowest BCUT2D eigenvalue weighted by Gasteiger charge is -2.14. The Morgan fingerprint density at radius 1 is 1.46 bits per heavy atom. The summed E-state index contributed by atoms with van der Waals surface area (Å²) in [6.45, 7) is 4.99. The van der Waals surface area contributed by atoms with Crippen LogP contribution < -0.4 is 0 Å². The number of nitriles is 1. The summed E-state index contributed by atoms with van der Waals surface area (Å²) in [6, 6.07) is 2.29. The van der Waals surface area contributed by atoms with Crippen molar-refractivity contribution in [2.45, 2.75) is 39.5 Å². The van der Waals surface area contributed by atoms with Crippen molar-refractivity contribution in [2.24, 2.45) is 11.8 Å². The molecule has 0 amide bonds. The zero-order chi connectivity index (χ0) is 10.1. The van der Waals surface area contributed by atoms with Crippen molar-refractivity contribution in [3.63, 3.8) is 0 Å². The first kappa shape index (κ1) is 12.4. The zero-order valence-corrected chi connectivity index (χ0v) is 9.05. The van der Waals surface area contributed by atoms with E-state index >= 15 is 0 Å². The molecule has 0 saturated carbocycles. The summed E-state index contributed by atoms with van der Waals surface area (Å²) >= 11 is 0. The van der Waals surface area contributed by atoms with Gasteiger partial charge in [0.05, 0.1) is 18.6 Å². The summed E-state index contributed by atoms with van der Waals surface area (Å²) in [5, 5.41) is 8.80. The van der Waals surface area contributed by atoms with Crippen LogP contribution in [0.1, 0.15) is 39.5 Å². The van der Waals surface area contributed by atoms with Gasteiger partial charge < -0.3 is 4.74 Å². The van der Waals surface area contributed by atoms with Gasteiger partial charge in [-0.15, -0.1) is 0 Å². The molecule has 0 N–H and O–H groups in total. The molecule has 0 fully saturated rings. The smallest absolute Gasteiger partial charge is 0.0699 e. The molecule has 0 aliphatic heterocycles. The van der Waals surface area contributed by atoms with E-state index in [9.17, 15) is 0 Å². The number of hydrogen-bond acceptors (Lipinski definition) is 2. The van der Waals surface area contributed by atoms with Gasteiger partial charge in [0.1, 0.15) is 0 Å². The van der Waals surface area contributed by atoms with Crippen LogP contribution in [0.5, 0.6) is 0 Å². The van der Waals surface area contributed by atoms with Crippen molar-refractivity contribution in [3.8, 4) is 6.07 Å². The molecule has 76 valence electrons. The van der Waals surface area contributed by atoms with Crippen molar-refractivity contribution in [1.29, 1.82) is 5.26 Å². The minimum Gasteiger partial charge on any atom is -0.383 e. The molecule has 0 spiro atoms. The first-order valence-electron chi connectivity index (χ1n) is 5.13. The number of hydrogen-bond donors (Lipinski definition) is 0. The van der Waals surface area contributed by atoms with Gasteiger partial charge in [0, 0.05) is 7.11 Å². The maximum Gasteiger partial charge on any atom is 0.0699 e. The summed E-state index contributed by atoms with van der Waals surface area (Å²) in [6.07, 6.45) is 4.72. The van der Waals surface area contributed by atoms with E-state index in [2.05, 4.69) is 19.9 Å². The molecule has 0 aromatic carbocycles. The Balaban J connectivity index is 3.61. The van der Waals surface area contributed by atoms with E-state index in [1.807, 2.05) is 0 Å². The molecule has 2 atom stereocenters. The van der Waals surface area contributed by atoms with Crippen LogP contribution in [0, 0.1) is 23.2 Å². The SMILES string of the molecule is CCCCC(C)CC(C#N)COC. The fraction of sp³-hybridized carbons (Fsp3) is 0.909. The molecule has 0 aliphatic rings. The van der Waals surface area contributed by atoms with E-state index in [0.29, 0.717) is 12.5 Å². The van der Waals surface area contributed by atoms with E-state index in [-0.39, 0.29) is 5.92 Å². The van der Waals surface area contributed by atoms with Crippen LogP contribution in [0.3, 0.4) is 0 Å². The fourth-order valence-electron chi connectivity index (χ4n) is 1.52. The highest BCUT2D eigenvalue weighted by atomic mass is 16.5. The molecular formula is C11H21NO. The Bertz CT molecular complexity index is 151. The van der Waals surface area contributed by atoms with Gasteiger partial charge in [0.2, 0.25) is 0 Å². The largest absolute Gasteiger partial charge is 0.383 e. The van der Waals surface area contributed by atoms with Gasteiger partial charge in [0.25, 0.3) is 0 Å². The molecule has 0 aromatic rings. The molecular weight excluding hydrogens is 162 g/mol. The Morgan fingerprint density at radius 2 is 2.15 bits per heavy atom. The predicted octanol–water partition coefficient (Wildman–Crippen LogP) is 2.99.